The normalized spacial score (nSPS) is 10.7. The molecule has 0 aliphatic rings. The molecule has 0 heterocycles. The van der Waals surface area contributed by atoms with Crippen molar-refractivity contribution in [3.8, 4) is 0 Å². The van der Waals surface area contributed by atoms with Crippen LogP contribution in [0.1, 0.15) is 0 Å². The van der Waals surface area contributed by atoms with E-state index >= 15 is 0 Å². The predicted octanol–water partition coefficient (Wildman–Crippen LogP) is -0.845. The van der Waals surface area contributed by atoms with Crippen LogP contribution in [0.3, 0.4) is 0 Å². The third kappa shape index (κ3) is 8.60. The molecule has 0 saturated carbocycles. The highest BCUT2D eigenvalue weighted by Gasteiger charge is 2.44. The monoisotopic (exact) mass is 534 g/mol. The van der Waals surface area contributed by atoms with E-state index in [-0.39, 0.29) is 43.2 Å². The summed E-state index contributed by atoms with van der Waals surface area (Å²) in [5, 5.41) is 4.02. The lowest BCUT2D eigenvalue weighted by Crippen LogP contribution is -3.00. The Morgan fingerprint density at radius 1 is 0.829 bits per heavy atom. The Balaban J connectivity index is 0.00000306. The van der Waals surface area contributed by atoms with Gasteiger partial charge in [0, 0.05) is 6.54 Å². The van der Waals surface area contributed by atoms with Gasteiger partial charge in [0.2, 0.25) is 0 Å². The fraction of sp³-hybridized carbons (Fsp3) is 0.231. The van der Waals surface area contributed by atoms with Gasteiger partial charge in [-0.3, -0.25) is 9.69 Å². The quantitative estimate of drug-likeness (QED) is 0.145. The molecule has 0 atom stereocenters. The summed E-state index contributed by atoms with van der Waals surface area (Å²) in [6, 6.07) is 32.2. The molecule has 188 valence electrons. The van der Waals surface area contributed by atoms with Crippen LogP contribution in [0.25, 0.3) is 0 Å². The molecular weight excluding hydrogens is 502 g/mol. The van der Waals surface area contributed by atoms with Crippen molar-refractivity contribution in [2.24, 2.45) is 16.5 Å². The van der Waals surface area contributed by atoms with Crippen molar-refractivity contribution in [1.82, 2.24) is 4.90 Å². The van der Waals surface area contributed by atoms with Gasteiger partial charge in [0.1, 0.15) is 23.2 Å². The molecule has 0 unspecified atom stereocenters. The average Bonchev–Trinajstić information content (AvgIpc) is 2.82. The van der Waals surface area contributed by atoms with E-state index in [1.165, 1.54) is 15.9 Å². The Kier molecular flexibility index (Phi) is 13.5. The second-order valence-corrected chi connectivity index (χ2v) is 11.4. The SMILES string of the molecule is CN(CCOCC[P+](c1ccccc1)(c1ccccc1)c1ccccc1)CC(=O)N=C(N)N.Cl.[Cl-]. The number of halogens is 2. The number of carbonyl (C=O) groups excluding carboxylic acids is 1. The Morgan fingerprint density at radius 3 is 1.66 bits per heavy atom. The molecule has 0 saturated heterocycles. The molecule has 0 radical (unpaired) electrons. The first-order valence-electron chi connectivity index (χ1n) is 11.0. The van der Waals surface area contributed by atoms with Gasteiger partial charge in [0.05, 0.1) is 25.9 Å². The number of hydrogen-bond acceptors (Lipinski definition) is 3. The molecule has 0 spiro atoms. The Bertz CT molecular complexity index is 940. The van der Waals surface area contributed by atoms with Gasteiger partial charge >= 0.3 is 0 Å². The summed E-state index contributed by atoms with van der Waals surface area (Å²) < 4.78 is 6.08. The zero-order valence-electron chi connectivity index (χ0n) is 19.8. The van der Waals surface area contributed by atoms with E-state index in [9.17, 15) is 4.79 Å². The van der Waals surface area contributed by atoms with Crippen LogP contribution >= 0.6 is 19.7 Å². The number of nitrogens with zero attached hydrogens (tertiary/aromatic N) is 2. The van der Waals surface area contributed by atoms with Crippen molar-refractivity contribution in [2.45, 2.75) is 0 Å². The molecule has 0 fully saturated rings. The summed E-state index contributed by atoms with van der Waals surface area (Å²) in [7, 11) is -0.0480. The molecular formula is C26H33Cl2N4O2P. The Hall–Kier alpha value is -2.47. The number of ether oxygens (including phenoxy) is 1. The van der Waals surface area contributed by atoms with Crippen LogP contribution < -0.4 is 39.8 Å². The fourth-order valence-electron chi connectivity index (χ4n) is 3.90. The highest BCUT2D eigenvalue weighted by atomic mass is 35.5. The van der Waals surface area contributed by atoms with Crippen molar-refractivity contribution in [2.75, 3.05) is 39.5 Å². The molecule has 0 bridgehead atoms. The number of likely N-dealkylation sites (N-methyl/N-ethyl adjacent to an activating group) is 1. The van der Waals surface area contributed by atoms with Crippen molar-refractivity contribution in [1.29, 1.82) is 0 Å². The maximum absolute atomic E-state index is 11.7. The van der Waals surface area contributed by atoms with Crippen LogP contribution in [0.2, 0.25) is 0 Å². The highest BCUT2D eigenvalue weighted by Crippen LogP contribution is 2.54. The first-order chi connectivity index (χ1) is 16.0. The third-order valence-corrected chi connectivity index (χ3v) is 9.83. The Labute approximate surface area is 220 Å². The van der Waals surface area contributed by atoms with E-state index in [2.05, 4.69) is 96.0 Å². The molecule has 6 nitrogen and oxygen atoms in total. The predicted molar refractivity (Wildman–Crippen MR) is 146 cm³/mol. The summed E-state index contributed by atoms with van der Waals surface area (Å²) in [6.45, 7) is 1.89. The van der Waals surface area contributed by atoms with Gasteiger partial charge in [-0.2, -0.15) is 4.99 Å². The minimum absolute atomic E-state index is 0. The summed E-state index contributed by atoms with van der Waals surface area (Å²) in [5.74, 6) is -0.577. The van der Waals surface area contributed by atoms with Gasteiger partial charge in [-0.05, 0) is 43.4 Å². The van der Waals surface area contributed by atoms with Crippen molar-refractivity contribution in [3.05, 3.63) is 91.0 Å². The molecule has 3 aromatic rings. The van der Waals surface area contributed by atoms with Crippen LogP contribution in [-0.2, 0) is 9.53 Å². The third-order valence-electron chi connectivity index (χ3n) is 5.44. The lowest BCUT2D eigenvalue weighted by molar-refractivity contribution is -0.118. The van der Waals surface area contributed by atoms with E-state index in [0.717, 1.165) is 6.16 Å². The standard InChI is InChI=1S/C26H31N4O2P.2ClH/c1-30(21-25(31)29-26(27)28)17-18-32-19-20-33(22-11-5-2-6-12-22,23-13-7-3-8-14-23)24-15-9-4-10-16-24;;/h2-16H,17-21H2,1H3,(H3-,27,28,29,31);2*1H. The van der Waals surface area contributed by atoms with Gasteiger partial charge in [-0.25, -0.2) is 0 Å². The van der Waals surface area contributed by atoms with Gasteiger partial charge < -0.3 is 28.6 Å². The zero-order chi connectivity index (χ0) is 23.5. The summed E-state index contributed by atoms with van der Waals surface area (Å²) in [6.07, 6.45) is 0.891. The summed E-state index contributed by atoms with van der Waals surface area (Å²) in [4.78, 5) is 17.1. The van der Waals surface area contributed by atoms with Gasteiger partial charge in [-0.15, -0.1) is 12.4 Å². The van der Waals surface area contributed by atoms with Crippen molar-refractivity contribution < 1.29 is 21.9 Å². The Morgan fingerprint density at radius 2 is 1.26 bits per heavy atom. The van der Waals surface area contributed by atoms with Crippen LogP contribution in [0, 0.1) is 0 Å². The topological polar surface area (TPSA) is 93.9 Å². The van der Waals surface area contributed by atoms with Crippen LogP contribution in [0.4, 0.5) is 0 Å². The number of aliphatic imine (C=N–C) groups is 1. The smallest absolute Gasteiger partial charge is 0.263 e. The molecule has 4 N–H and O–H groups in total. The van der Waals surface area contributed by atoms with Gasteiger partial charge in [0.15, 0.2) is 5.96 Å². The number of rotatable bonds is 11. The lowest BCUT2D eigenvalue weighted by atomic mass is 10.4. The maximum atomic E-state index is 11.7. The van der Waals surface area contributed by atoms with E-state index in [1.807, 2.05) is 11.9 Å². The van der Waals surface area contributed by atoms with Gasteiger partial charge in [-0.1, -0.05) is 54.6 Å². The molecule has 3 rings (SSSR count). The van der Waals surface area contributed by atoms with E-state index in [4.69, 9.17) is 16.2 Å². The number of guanidine groups is 1. The van der Waals surface area contributed by atoms with Crippen LogP contribution in [-0.4, -0.2) is 56.3 Å². The summed E-state index contributed by atoms with van der Waals surface area (Å²) in [5.41, 5.74) is 10.5. The van der Waals surface area contributed by atoms with Gasteiger partial charge in [0.25, 0.3) is 5.91 Å². The second kappa shape index (κ2) is 15.5. The number of hydrogen-bond donors (Lipinski definition) is 2. The number of benzene rings is 3. The number of nitrogens with two attached hydrogens (primary N) is 2. The fourth-order valence-corrected chi connectivity index (χ4v) is 8.01. The highest BCUT2D eigenvalue weighted by molar-refractivity contribution is 7.95. The molecule has 1 amide bonds. The van der Waals surface area contributed by atoms with Crippen LogP contribution in [0.15, 0.2) is 96.0 Å². The minimum Gasteiger partial charge on any atom is -1.00 e. The second-order valence-electron chi connectivity index (χ2n) is 7.82. The zero-order valence-corrected chi connectivity index (χ0v) is 22.3. The molecule has 0 aliphatic carbocycles. The van der Waals surface area contributed by atoms with Crippen molar-refractivity contribution in [3.63, 3.8) is 0 Å². The van der Waals surface area contributed by atoms with E-state index in [1.54, 1.807) is 0 Å². The largest absolute Gasteiger partial charge is 1.00 e. The molecule has 0 aromatic heterocycles. The average molecular weight is 535 g/mol. The lowest BCUT2D eigenvalue weighted by Gasteiger charge is -2.27. The minimum atomic E-state index is -1.89. The maximum Gasteiger partial charge on any atom is 0.263 e. The van der Waals surface area contributed by atoms with E-state index in [0.29, 0.717) is 19.8 Å². The summed E-state index contributed by atoms with van der Waals surface area (Å²) >= 11 is 0. The first kappa shape index (κ1) is 30.6. The number of carbonyl (C=O) groups is 1. The van der Waals surface area contributed by atoms with E-state index < -0.39 is 7.26 Å². The molecule has 9 heteroatoms. The van der Waals surface area contributed by atoms with Crippen LogP contribution in [0.5, 0.6) is 0 Å². The molecule has 0 aliphatic heterocycles. The number of amides is 1. The first-order valence-corrected chi connectivity index (χ1v) is 12.9. The molecule has 35 heavy (non-hydrogen) atoms. The van der Waals surface area contributed by atoms with Crippen molar-refractivity contribution >= 4 is 47.4 Å². The molecule has 3 aromatic carbocycles.